The Kier molecular flexibility index (Phi) is 5.60. The first-order valence-corrected chi connectivity index (χ1v) is 9.99. The molecule has 1 aliphatic rings. The van der Waals surface area contributed by atoms with Gasteiger partial charge >= 0.3 is 5.97 Å². The standard InChI is InChI=1S/C20H25N3O3S/c1-5-20(2,3)12-6-7-13-15(10-12)27-18(16(13)19(25)26-4)23-17(24)14-11-21-8-9-22-14/h8-9,11-12H,5-7,10H2,1-4H3,(H,23,24). The van der Waals surface area contributed by atoms with Gasteiger partial charge in [-0.15, -0.1) is 11.3 Å². The van der Waals surface area contributed by atoms with Crippen LogP contribution in [0.2, 0.25) is 0 Å². The molecule has 1 amide bonds. The first-order chi connectivity index (χ1) is 12.9. The van der Waals surface area contributed by atoms with Crippen LogP contribution >= 0.6 is 11.3 Å². The molecule has 0 saturated heterocycles. The minimum absolute atomic E-state index is 0.213. The number of fused-ring (bicyclic) bond motifs is 1. The van der Waals surface area contributed by atoms with Crippen LogP contribution in [0.15, 0.2) is 18.6 Å². The smallest absolute Gasteiger partial charge is 0.341 e. The molecule has 0 bridgehead atoms. The molecule has 0 saturated carbocycles. The van der Waals surface area contributed by atoms with E-state index in [9.17, 15) is 9.59 Å². The average molecular weight is 388 g/mol. The van der Waals surface area contributed by atoms with Crippen molar-refractivity contribution in [2.75, 3.05) is 12.4 Å². The molecule has 1 aliphatic carbocycles. The molecule has 0 fully saturated rings. The maximum Gasteiger partial charge on any atom is 0.341 e. The van der Waals surface area contributed by atoms with Gasteiger partial charge in [0, 0.05) is 17.3 Å². The van der Waals surface area contributed by atoms with Crippen molar-refractivity contribution in [3.8, 4) is 0 Å². The van der Waals surface area contributed by atoms with Crippen LogP contribution in [0, 0.1) is 11.3 Å². The first kappa shape index (κ1) is 19.5. The summed E-state index contributed by atoms with van der Waals surface area (Å²) in [6.45, 7) is 6.82. The lowest BCUT2D eigenvalue weighted by Crippen LogP contribution is -2.28. The van der Waals surface area contributed by atoms with Crippen LogP contribution in [-0.4, -0.2) is 29.0 Å². The molecule has 144 valence electrons. The number of carbonyl (C=O) groups excluding carboxylic acids is 2. The molecule has 0 aliphatic heterocycles. The van der Waals surface area contributed by atoms with Gasteiger partial charge in [0.2, 0.25) is 0 Å². The van der Waals surface area contributed by atoms with Crippen LogP contribution in [0.4, 0.5) is 5.00 Å². The van der Waals surface area contributed by atoms with E-state index >= 15 is 0 Å². The fourth-order valence-electron chi connectivity index (χ4n) is 3.53. The summed E-state index contributed by atoms with van der Waals surface area (Å²) in [5.41, 5.74) is 1.97. The van der Waals surface area contributed by atoms with Gasteiger partial charge in [-0.25, -0.2) is 9.78 Å². The molecular weight excluding hydrogens is 362 g/mol. The van der Waals surface area contributed by atoms with E-state index < -0.39 is 5.97 Å². The first-order valence-electron chi connectivity index (χ1n) is 9.17. The summed E-state index contributed by atoms with van der Waals surface area (Å²) in [6, 6.07) is 0. The van der Waals surface area contributed by atoms with Crippen LogP contribution < -0.4 is 5.32 Å². The molecule has 1 N–H and O–H groups in total. The largest absolute Gasteiger partial charge is 0.465 e. The highest BCUT2D eigenvalue weighted by Gasteiger charge is 2.35. The fourth-order valence-corrected chi connectivity index (χ4v) is 4.84. The summed E-state index contributed by atoms with van der Waals surface area (Å²) in [7, 11) is 1.37. The number of anilines is 1. The molecule has 1 atom stereocenters. The van der Waals surface area contributed by atoms with Crippen molar-refractivity contribution in [2.45, 2.75) is 46.5 Å². The van der Waals surface area contributed by atoms with Gasteiger partial charge in [0.1, 0.15) is 10.7 Å². The quantitative estimate of drug-likeness (QED) is 0.781. The van der Waals surface area contributed by atoms with Crippen molar-refractivity contribution in [3.63, 3.8) is 0 Å². The van der Waals surface area contributed by atoms with E-state index in [4.69, 9.17) is 4.74 Å². The van der Waals surface area contributed by atoms with Crippen molar-refractivity contribution in [1.82, 2.24) is 9.97 Å². The minimum Gasteiger partial charge on any atom is -0.465 e. The number of hydrogen-bond acceptors (Lipinski definition) is 6. The SMILES string of the molecule is CCC(C)(C)C1CCc2c(sc(NC(=O)c3cnccn3)c2C(=O)OC)C1. The van der Waals surface area contributed by atoms with Crippen LogP contribution in [-0.2, 0) is 17.6 Å². The maximum absolute atomic E-state index is 12.5. The Morgan fingerprint density at radius 2 is 2.15 bits per heavy atom. The number of carbonyl (C=O) groups is 2. The molecule has 6 nitrogen and oxygen atoms in total. The van der Waals surface area contributed by atoms with Gasteiger partial charge in [-0.1, -0.05) is 27.2 Å². The van der Waals surface area contributed by atoms with E-state index in [1.165, 1.54) is 41.9 Å². The molecule has 1 unspecified atom stereocenters. The summed E-state index contributed by atoms with van der Waals surface area (Å²) >= 11 is 1.48. The third-order valence-electron chi connectivity index (χ3n) is 5.69. The number of rotatable bonds is 5. The zero-order valence-corrected chi connectivity index (χ0v) is 17.0. The third-order valence-corrected chi connectivity index (χ3v) is 6.86. The van der Waals surface area contributed by atoms with Gasteiger partial charge < -0.3 is 10.1 Å². The monoisotopic (exact) mass is 387 g/mol. The van der Waals surface area contributed by atoms with Gasteiger partial charge in [-0.2, -0.15) is 0 Å². The zero-order chi connectivity index (χ0) is 19.6. The lowest BCUT2D eigenvalue weighted by atomic mass is 9.69. The van der Waals surface area contributed by atoms with Crippen LogP contribution in [0.5, 0.6) is 0 Å². The van der Waals surface area contributed by atoms with E-state index in [0.29, 0.717) is 16.5 Å². The molecule has 27 heavy (non-hydrogen) atoms. The summed E-state index contributed by atoms with van der Waals surface area (Å²) < 4.78 is 4.99. The summed E-state index contributed by atoms with van der Waals surface area (Å²) in [6.07, 6.45) is 8.27. The van der Waals surface area contributed by atoms with Crippen molar-refractivity contribution < 1.29 is 14.3 Å². The van der Waals surface area contributed by atoms with Crippen LogP contribution in [0.1, 0.15) is 64.9 Å². The predicted octanol–water partition coefficient (Wildman–Crippen LogP) is 4.12. The second-order valence-electron chi connectivity index (χ2n) is 7.53. The van der Waals surface area contributed by atoms with Crippen molar-refractivity contribution >= 4 is 28.2 Å². The number of methoxy groups -OCH3 is 1. The number of amides is 1. The molecule has 2 aromatic heterocycles. The minimum atomic E-state index is -0.407. The van der Waals surface area contributed by atoms with Crippen LogP contribution in [0.3, 0.4) is 0 Å². The van der Waals surface area contributed by atoms with Crippen LogP contribution in [0.25, 0.3) is 0 Å². The lowest BCUT2D eigenvalue weighted by molar-refractivity contribution is 0.0600. The Morgan fingerprint density at radius 3 is 2.78 bits per heavy atom. The van der Waals surface area contributed by atoms with Gasteiger partial charge in [0.05, 0.1) is 18.9 Å². The number of hydrogen-bond donors (Lipinski definition) is 1. The highest BCUT2D eigenvalue weighted by atomic mass is 32.1. The number of ether oxygens (including phenoxy) is 1. The fraction of sp³-hybridized carbons (Fsp3) is 0.500. The normalized spacial score (nSPS) is 16.5. The van der Waals surface area contributed by atoms with E-state index in [1.807, 2.05) is 0 Å². The highest BCUT2D eigenvalue weighted by Crippen LogP contribution is 2.45. The Labute approximate surface area is 163 Å². The number of aromatic nitrogens is 2. The number of esters is 1. The van der Waals surface area contributed by atoms with Crippen molar-refractivity contribution in [2.24, 2.45) is 11.3 Å². The molecule has 2 heterocycles. The molecule has 2 aromatic rings. The van der Waals surface area contributed by atoms with Crippen molar-refractivity contribution in [3.05, 3.63) is 40.3 Å². The van der Waals surface area contributed by atoms with E-state index in [2.05, 4.69) is 36.1 Å². The molecule has 3 rings (SSSR count). The predicted molar refractivity (Wildman–Crippen MR) is 105 cm³/mol. The summed E-state index contributed by atoms with van der Waals surface area (Å²) in [4.78, 5) is 34.0. The molecule has 0 spiro atoms. The van der Waals surface area contributed by atoms with E-state index in [1.54, 1.807) is 0 Å². The summed E-state index contributed by atoms with van der Waals surface area (Å²) in [5.74, 6) is -0.227. The Bertz CT molecular complexity index is 846. The zero-order valence-electron chi connectivity index (χ0n) is 16.2. The molecule has 0 radical (unpaired) electrons. The summed E-state index contributed by atoms with van der Waals surface area (Å²) in [5, 5.41) is 3.38. The number of nitrogens with one attached hydrogen (secondary N) is 1. The van der Waals surface area contributed by atoms with Gasteiger partial charge in [0.25, 0.3) is 5.91 Å². The van der Waals surface area contributed by atoms with Gasteiger partial charge in [0.15, 0.2) is 0 Å². The van der Waals surface area contributed by atoms with Crippen molar-refractivity contribution in [1.29, 1.82) is 0 Å². The number of thiophene rings is 1. The Morgan fingerprint density at radius 1 is 1.37 bits per heavy atom. The Hall–Kier alpha value is -2.28. The second-order valence-corrected chi connectivity index (χ2v) is 8.63. The highest BCUT2D eigenvalue weighted by molar-refractivity contribution is 7.17. The molecular formula is C20H25N3O3S. The maximum atomic E-state index is 12.5. The topological polar surface area (TPSA) is 81.2 Å². The lowest BCUT2D eigenvalue weighted by Gasteiger charge is -2.36. The third kappa shape index (κ3) is 3.88. The second kappa shape index (κ2) is 7.76. The number of nitrogens with zero attached hydrogens (tertiary/aromatic N) is 2. The van der Waals surface area contributed by atoms with Gasteiger partial charge in [-0.3, -0.25) is 9.78 Å². The Balaban J connectivity index is 1.93. The molecule has 7 heteroatoms. The van der Waals surface area contributed by atoms with E-state index in [0.717, 1.165) is 31.2 Å². The molecule has 0 aromatic carbocycles. The average Bonchev–Trinajstić information content (AvgIpc) is 3.04. The van der Waals surface area contributed by atoms with Gasteiger partial charge in [-0.05, 0) is 36.2 Å². The van der Waals surface area contributed by atoms with E-state index in [-0.39, 0.29) is 17.0 Å².